The molecule has 0 atom stereocenters. The van der Waals surface area contributed by atoms with Gasteiger partial charge in [-0.3, -0.25) is 0 Å². The lowest BCUT2D eigenvalue weighted by molar-refractivity contribution is 0.0812. The minimum Gasteiger partial charge on any atom is -0.496 e. The van der Waals surface area contributed by atoms with Crippen LogP contribution in [0.1, 0.15) is 57.6 Å². The average Bonchev–Trinajstić information content (AvgIpc) is 2.80. The first-order valence-corrected chi connectivity index (χ1v) is 14.6. The van der Waals surface area contributed by atoms with Crippen LogP contribution in [-0.4, -0.2) is 56.0 Å². The molecular formula is C28H40N2O5S. The van der Waals surface area contributed by atoms with Crippen LogP contribution in [0.2, 0.25) is 0 Å². The third kappa shape index (κ3) is 7.96. The molecule has 1 fully saturated rings. The highest BCUT2D eigenvalue weighted by molar-refractivity contribution is 7.89. The predicted octanol–water partition coefficient (Wildman–Crippen LogP) is 5.33. The van der Waals surface area contributed by atoms with Crippen LogP contribution in [-0.2, 0) is 22.1 Å². The Morgan fingerprint density at radius 3 is 2.19 bits per heavy atom. The fourth-order valence-corrected chi connectivity index (χ4v) is 5.69. The maximum absolute atomic E-state index is 11.7. The van der Waals surface area contributed by atoms with E-state index in [2.05, 4.69) is 11.4 Å². The van der Waals surface area contributed by atoms with Gasteiger partial charge in [0.2, 0.25) is 0 Å². The van der Waals surface area contributed by atoms with Gasteiger partial charge in [0.25, 0.3) is 0 Å². The number of sulfone groups is 1. The number of hydrogen-bond donors (Lipinski definition) is 2. The number of hydrogen-bond acceptors (Lipinski definition) is 5. The number of methoxy groups -OCH3 is 1. The van der Waals surface area contributed by atoms with E-state index in [-0.39, 0.29) is 5.75 Å². The van der Waals surface area contributed by atoms with Gasteiger partial charge in [-0.25, -0.2) is 13.2 Å². The van der Waals surface area contributed by atoms with E-state index in [0.29, 0.717) is 25.0 Å². The van der Waals surface area contributed by atoms with Crippen molar-refractivity contribution in [2.24, 2.45) is 5.92 Å². The highest BCUT2D eigenvalue weighted by Gasteiger charge is 2.30. The lowest BCUT2D eigenvalue weighted by Crippen LogP contribution is -2.48. The quantitative estimate of drug-likeness (QED) is 0.467. The van der Waals surface area contributed by atoms with Crippen LogP contribution in [0.15, 0.2) is 42.5 Å². The maximum Gasteiger partial charge on any atom is 0.407 e. The van der Waals surface area contributed by atoms with Crippen LogP contribution in [0.3, 0.4) is 0 Å². The van der Waals surface area contributed by atoms with Gasteiger partial charge in [-0.1, -0.05) is 30.3 Å². The molecule has 3 rings (SSSR count). The molecule has 1 aliphatic carbocycles. The van der Waals surface area contributed by atoms with Crippen molar-refractivity contribution in [3.05, 3.63) is 53.6 Å². The highest BCUT2D eigenvalue weighted by Crippen LogP contribution is 2.30. The fraction of sp³-hybridized carbons (Fsp3) is 0.536. The van der Waals surface area contributed by atoms with Gasteiger partial charge in [-0.15, -0.1) is 0 Å². The zero-order valence-corrected chi connectivity index (χ0v) is 22.9. The summed E-state index contributed by atoms with van der Waals surface area (Å²) in [7, 11) is -1.39. The van der Waals surface area contributed by atoms with E-state index in [1.54, 1.807) is 12.0 Å². The lowest BCUT2D eigenvalue weighted by atomic mass is 9.85. The third-order valence-corrected chi connectivity index (χ3v) is 7.76. The molecular weight excluding hydrogens is 476 g/mol. The largest absolute Gasteiger partial charge is 0.496 e. The molecule has 0 aromatic heterocycles. The van der Waals surface area contributed by atoms with Crippen LogP contribution < -0.4 is 10.1 Å². The van der Waals surface area contributed by atoms with Crippen molar-refractivity contribution in [2.75, 3.05) is 19.9 Å². The average molecular weight is 517 g/mol. The number of amides is 1. The molecule has 2 aromatic rings. The van der Waals surface area contributed by atoms with E-state index in [1.807, 2.05) is 57.2 Å². The third-order valence-electron chi connectivity index (χ3n) is 6.91. The van der Waals surface area contributed by atoms with Crippen molar-refractivity contribution in [1.29, 1.82) is 0 Å². The summed E-state index contributed by atoms with van der Waals surface area (Å²) >= 11 is 0. The highest BCUT2D eigenvalue weighted by atomic mass is 32.2. The molecule has 0 bridgehead atoms. The van der Waals surface area contributed by atoms with Gasteiger partial charge >= 0.3 is 6.09 Å². The summed E-state index contributed by atoms with van der Waals surface area (Å²) in [5, 5.41) is 13.3. The fourth-order valence-electron chi connectivity index (χ4n) is 4.89. The second-order valence-corrected chi connectivity index (χ2v) is 13.1. The Hall–Kier alpha value is -2.58. The van der Waals surface area contributed by atoms with Gasteiger partial charge in [0.1, 0.15) is 5.75 Å². The molecule has 36 heavy (non-hydrogen) atoms. The summed E-state index contributed by atoms with van der Waals surface area (Å²) in [5.74, 6) is 1.26. The van der Waals surface area contributed by atoms with Gasteiger partial charge in [-0.2, -0.15) is 0 Å². The normalized spacial score (nSPS) is 18.6. The van der Waals surface area contributed by atoms with Gasteiger partial charge in [0, 0.05) is 36.5 Å². The Morgan fingerprint density at radius 2 is 1.67 bits per heavy atom. The summed E-state index contributed by atoms with van der Waals surface area (Å²) < 4.78 is 28.7. The van der Waals surface area contributed by atoms with E-state index >= 15 is 0 Å². The molecule has 1 saturated carbocycles. The van der Waals surface area contributed by atoms with Crippen molar-refractivity contribution in [2.45, 2.75) is 70.3 Å². The smallest absolute Gasteiger partial charge is 0.407 e. The van der Waals surface area contributed by atoms with Crippen molar-refractivity contribution in [3.8, 4) is 16.9 Å². The molecule has 0 unspecified atom stereocenters. The number of ether oxygens (including phenoxy) is 1. The van der Waals surface area contributed by atoms with E-state index in [9.17, 15) is 18.3 Å². The first kappa shape index (κ1) is 28.0. The van der Waals surface area contributed by atoms with Crippen LogP contribution in [0.4, 0.5) is 4.79 Å². The molecule has 0 aliphatic heterocycles. The molecule has 8 heteroatoms. The van der Waals surface area contributed by atoms with Gasteiger partial charge in [-0.05, 0) is 81.2 Å². The summed E-state index contributed by atoms with van der Waals surface area (Å²) in [4.78, 5) is 13.2. The summed E-state index contributed by atoms with van der Waals surface area (Å²) in [6.07, 6.45) is 4.45. The van der Waals surface area contributed by atoms with Gasteiger partial charge in [0.05, 0.1) is 12.9 Å². The molecule has 198 valence electrons. The molecule has 0 saturated heterocycles. The Labute approximate surface area is 215 Å². The number of nitrogens with zero attached hydrogens (tertiary/aromatic N) is 1. The molecule has 1 aliphatic rings. The van der Waals surface area contributed by atoms with Gasteiger partial charge in [0.15, 0.2) is 9.84 Å². The predicted molar refractivity (Wildman–Crippen MR) is 144 cm³/mol. The zero-order valence-electron chi connectivity index (χ0n) is 22.1. The van der Waals surface area contributed by atoms with E-state index in [1.165, 1.54) is 6.26 Å². The van der Waals surface area contributed by atoms with Crippen LogP contribution >= 0.6 is 0 Å². The maximum atomic E-state index is 11.7. The SMILES string of the molecule is COc1ccc(-c2ccc(CS(C)(=O)=O)cc2)cc1CNC1CCC(CN(C(=O)O)C(C)(C)C)CC1. The number of carboxylic acid groups (broad SMARTS) is 1. The molecule has 1 amide bonds. The van der Waals surface area contributed by atoms with Crippen molar-refractivity contribution >= 4 is 15.9 Å². The monoisotopic (exact) mass is 516 g/mol. The summed E-state index contributed by atoms with van der Waals surface area (Å²) in [6, 6.07) is 14.1. The van der Waals surface area contributed by atoms with Crippen LogP contribution in [0, 0.1) is 5.92 Å². The van der Waals surface area contributed by atoms with E-state index in [0.717, 1.165) is 53.7 Å². The molecule has 2 aromatic carbocycles. The van der Waals surface area contributed by atoms with Crippen LogP contribution in [0.5, 0.6) is 5.75 Å². The Bertz CT molecular complexity index is 1130. The number of benzene rings is 2. The molecule has 0 spiro atoms. The minimum absolute atomic E-state index is 0.0395. The number of carbonyl (C=O) groups is 1. The van der Waals surface area contributed by atoms with Crippen molar-refractivity contribution in [3.63, 3.8) is 0 Å². The van der Waals surface area contributed by atoms with Crippen LogP contribution in [0.25, 0.3) is 11.1 Å². The minimum atomic E-state index is -3.06. The lowest BCUT2D eigenvalue weighted by Gasteiger charge is -2.38. The number of rotatable bonds is 9. The molecule has 0 radical (unpaired) electrons. The van der Waals surface area contributed by atoms with Crippen molar-refractivity contribution in [1.82, 2.24) is 10.2 Å². The van der Waals surface area contributed by atoms with E-state index < -0.39 is 21.5 Å². The molecule has 2 N–H and O–H groups in total. The first-order chi connectivity index (χ1) is 16.9. The Kier molecular flexibility index (Phi) is 9.06. The summed E-state index contributed by atoms with van der Waals surface area (Å²) in [6.45, 7) is 7.10. The van der Waals surface area contributed by atoms with E-state index in [4.69, 9.17) is 4.74 Å². The first-order valence-electron chi connectivity index (χ1n) is 12.5. The second kappa shape index (κ2) is 11.6. The standard InChI is InChI=1S/C28H40N2O5S/c1-28(2,3)30(27(31)32)18-20-8-13-25(14-9-20)29-17-24-16-23(12-15-26(24)35-4)22-10-6-21(7-11-22)19-36(5,33)34/h6-7,10-12,15-16,20,25,29H,8-9,13-14,17-19H2,1-5H3,(H,31,32). The van der Waals surface area contributed by atoms with Crippen molar-refractivity contribution < 1.29 is 23.1 Å². The Balaban J connectivity index is 1.60. The molecule has 0 heterocycles. The topological polar surface area (TPSA) is 95.9 Å². The second-order valence-electron chi connectivity index (χ2n) is 11.0. The van der Waals surface area contributed by atoms with Gasteiger partial charge < -0.3 is 20.1 Å². The molecule has 7 nitrogen and oxygen atoms in total. The summed E-state index contributed by atoms with van der Waals surface area (Å²) in [5.41, 5.74) is 3.54. The zero-order chi connectivity index (χ0) is 26.5. The number of nitrogens with one attached hydrogen (secondary N) is 1. The Morgan fingerprint density at radius 1 is 1.06 bits per heavy atom.